The second-order valence-corrected chi connectivity index (χ2v) is 8.84. The number of carbonyl (C=O) groups excluding carboxylic acids is 1. The molecule has 0 radical (unpaired) electrons. The largest absolute Gasteiger partial charge is 0.493 e. The molecule has 34 heavy (non-hydrogen) atoms. The van der Waals surface area contributed by atoms with E-state index in [1.807, 2.05) is 6.92 Å². The molecule has 1 N–H and O–H groups in total. The zero-order valence-electron chi connectivity index (χ0n) is 18.9. The standard InChI is InChI=1S/C24H25FN2O6S/c1-4-33-21-8-6-5-7-20(21)26-24(28)16-27(18-11-9-17(25)10-12-18)34(29,30)19-13-14-22(31-2)23(15-19)32-3/h5-15H,4,16H2,1-3H3,(H,26,28). The molecule has 3 rings (SSSR count). The number of sulfonamides is 1. The van der Waals surface area contributed by atoms with Gasteiger partial charge in [-0.3, -0.25) is 9.10 Å². The number of nitrogens with zero attached hydrogens (tertiary/aromatic N) is 1. The summed E-state index contributed by atoms with van der Waals surface area (Å²) < 4.78 is 57.5. The molecular formula is C24H25FN2O6S. The summed E-state index contributed by atoms with van der Waals surface area (Å²) >= 11 is 0. The highest BCUT2D eigenvalue weighted by Gasteiger charge is 2.28. The molecule has 0 fully saturated rings. The fourth-order valence-corrected chi connectivity index (χ4v) is 4.64. The lowest BCUT2D eigenvalue weighted by atomic mass is 10.3. The van der Waals surface area contributed by atoms with E-state index in [1.165, 1.54) is 44.6 Å². The average Bonchev–Trinajstić information content (AvgIpc) is 2.84. The molecule has 0 spiro atoms. The van der Waals surface area contributed by atoms with Gasteiger partial charge in [0.05, 0.1) is 37.1 Å². The quantitative estimate of drug-likeness (QED) is 0.462. The molecule has 1 amide bonds. The maximum atomic E-state index is 13.6. The first-order valence-electron chi connectivity index (χ1n) is 10.3. The molecule has 0 aliphatic heterocycles. The van der Waals surface area contributed by atoms with Gasteiger partial charge in [0.15, 0.2) is 11.5 Å². The number of ether oxygens (including phenoxy) is 3. The monoisotopic (exact) mass is 488 g/mol. The second-order valence-electron chi connectivity index (χ2n) is 6.98. The van der Waals surface area contributed by atoms with Crippen molar-refractivity contribution in [1.29, 1.82) is 0 Å². The van der Waals surface area contributed by atoms with Crippen molar-refractivity contribution in [2.24, 2.45) is 0 Å². The minimum Gasteiger partial charge on any atom is -0.493 e. The minimum absolute atomic E-state index is 0.115. The number of anilines is 2. The van der Waals surface area contributed by atoms with E-state index in [9.17, 15) is 17.6 Å². The van der Waals surface area contributed by atoms with Crippen LogP contribution in [0, 0.1) is 5.82 Å². The molecule has 10 heteroatoms. The van der Waals surface area contributed by atoms with Gasteiger partial charge in [-0.2, -0.15) is 0 Å². The van der Waals surface area contributed by atoms with Gasteiger partial charge in [-0.15, -0.1) is 0 Å². The molecule has 8 nitrogen and oxygen atoms in total. The Morgan fingerprint density at radius 3 is 2.26 bits per heavy atom. The van der Waals surface area contributed by atoms with Gasteiger partial charge in [-0.1, -0.05) is 12.1 Å². The molecule has 0 saturated heterocycles. The van der Waals surface area contributed by atoms with Crippen LogP contribution in [0.4, 0.5) is 15.8 Å². The summed E-state index contributed by atoms with van der Waals surface area (Å²) in [4.78, 5) is 12.8. The Morgan fingerprint density at radius 2 is 1.62 bits per heavy atom. The summed E-state index contributed by atoms with van der Waals surface area (Å²) in [5.74, 6) is -0.143. The van der Waals surface area contributed by atoms with E-state index in [1.54, 1.807) is 24.3 Å². The van der Waals surface area contributed by atoms with Crippen LogP contribution >= 0.6 is 0 Å². The highest BCUT2D eigenvalue weighted by molar-refractivity contribution is 7.92. The molecule has 0 unspecified atom stereocenters. The summed E-state index contributed by atoms with van der Waals surface area (Å²) in [6, 6.07) is 15.7. The fourth-order valence-electron chi connectivity index (χ4n) is 3.20. The van der Waals surface area contributed by atoms with Gasteiger partial charge < -0.3 is 19.5 Å². The smallest absolute Gasteiger partial charge is 0.264 e. The van der Waals surface area contributed by atoms with Crippen LogP contribution in [0.2, 0.25) is 0 Å². The van der Waals surface area contributed by atoms with Crippen molar-refractivity contribution >= 4 is 27.3 Å². The molecule has 0 bridgehead atoms. The van der Waals surface area contributed by atoms with Crippen LogP contribution in [-0.4, -0.2) is 41.7 Å². The Morgan fingerprint density at radius 1 is 0.941 bits per heavy atom. The number of halogens is 1. The second kappa shape index (κ2) is 10.9. The first-order valence-corrected chi connectivity index (χ1v) is 11.8. The van der Waals surface area contributed by atoms with Crippen LogP contribution in [0.3, 0.4) is 0 Å². The molecule has 0 aromatic heterocycles. The van der Waals surface area contributed by atoms with Crippen LogP contribution in [0.25, 0.3) is 0 Å². The van der Waals surface area contributed by atoms with Crippen LogP contribution in [0.5, 0.6) is 17.2 Å². The molecule has 180 valence electrons. The Bertz CT molecular complexity index is 1250. The third-order valence-corrected chi connectivity index (χ3v) is 6.58. The van der Waals surface area contributed by atoms with Crippen LogP contribution < -0.4 is 23.8 Å². The van der Waals surface area contributed by atoms with Crippen LogP contribution in [0.1, 0.15) is 6.92 Å². The lowest BCUT2D eigenvalue weighted by Crippen LogP contribution is -2.38. The van der Waals surface area contributed by atoms with Crippen molar-refractivity contribution in [2.75, 3.05) is 37.0 Å². The molecule has 0 saturated carbocycles. The van der Waals surface area contributed by atoms with Gasteiger partial charge in [0.1, 0.15) is 18.1 Å². The SMILES string of the molecule is CCOc1ccccc1NC(=O)CN(c1ccc(F)cc1)S(=O)(=O)c1ccc(OC)c(OC)c1. The van der Waals surface area contributed by atoms with E-state index in [4.69, 9.17) is 14.2 Å². The van der Waals surface area contributed by atoms with Crippen LogP contribution in [0.15, 0.2) is 71.6 Å². The molecule has 0 atom stereocenters. The summed E-state index contributed by atoms with van der Waals surface area (Å²) in [7, 11) is -1.43. The molecule has 0 aliphatic carbocycles. The van der Waals surface area contributed by atoms with Gasteiger partial charge in [0, 0.05) is 6.07 Å². The number of carbonyl (C=O) groups is 1. The van der Waals surface area contributed by atoms with Crippen molar-refractivity contribution in [3.63, 3.8) is 0 Å². The summed E-state index contributed by atoms with van der Waals surface area (Å²) in [6.45, 7) is 1.63. The fraction of sp³-hybridized carbons (Fsp3) is 0.208. The van der Waals surface area contributed by atoms with Crippen molar-refractivity contribution in [1.82, 2.24) is 0 Å². The molecule has 3 aromatic carbocycles. The highest BCUT2D eigenvalue weighted by atomic mass is 32.2. The Hall–Kier alpha value is -3.79. The van der Waals surface area contributed by atoms with Gasteiger partial charge in [-0.05, 0) is 55.5 Å². The first-order chi connectivity index (χ1) is 16.3. The first kappa shape index (κ1) is 24.8. The van der Waals surface area contributed by atoms with Gasteiger partial charge in [0.25, 0.3) is 10.0 Å². The maximum absolute atomic E-state index is 13.6. The number of rotatable bonds is 10. The number of nitrogens with one attached hydrogen (secondary N) is 1. The number of hydrogen-bond donors (Lipinski definition) is 1. The Labute approximate surface area is 197 Å². The maximum Gasteiger partial charge on any atom is 0.264 e. The van der Waals surface area contributed by atoms with E-state index < -0.39 is 28.3 Å². The number of methoxy groups -OCH3 is 2. The summed E-state index contributed by atoms with van der Waals surface area (Å²) in [5, 5.41) is 2.68. The van der Waals surface area contributed by atoms with Crippen molar-refractivity contribution < 1.29 is 31.8 Å². The molecule has 0 heterocycles. The number of amides is 1. The van der Waals surface area contributed by atoms with Gasteiger partial charge >= 0.3 is 0 Å². The van der Waals surface area contributed by atoms with Crippen LogP contribution in [-0.2, 0) is 14.8 Å². The predicted octanol–water partition coefficient (Wildman–Crippen LogP) is 4.08. The van der Waals surface area contributed by atoms with Crippen molar-refractivity contribution in [3.8, 4) is 17.2 Å². The summed E-state index contributed by atoms with van der Waals surface area (Å²) in [6.07, 6.45) is 0. The minimum atomic E-state index is -4.25. The third kappa shape index (κ3) is 5.57. The number of para-hydroxylation sites is 2. The molecule has 0 aliphatic rings. The number of hydrogen-bond acceptors (Lipinski definition) is 6. The third-order valence-electron chi connectivity index (χ3n) is 4.81. The molecular weight excluding hydrogens is 463 g/mol. The van der Waals surface area contributed by atoms with E-state index in [-0.39, 0.29) is 16.3 Å². The predicted molar refractivity (Wildman–Crippen MR) is 127 cm³/mol. The van der Waals surface area contributed by atoms with E-state index in [2.05, 4.69) is 5.32 Å². The molecule has 3 aromatic rings. The highest BCUT2D eigenvalue weighted by Crippen LogP contribution is 2.32. The lowest BCUT2D eigenvalue weighted by molar-refractivity contribution is -0.114. The zero-order valence-corrected chi connectivity index (χ0v) is 19.8. The van der Waals surface area contributed by atoms with Crippen molar-refractivity contribution in [3.05, 3.63) is 72.5 Å². The van der Waals surface area contributed by atoms with E-state index >= 15 is 0 Å². The summed E-state index contributed by atoms with van der Waals surface area (Å²) in [5.41, 5.74) is 0.515. The van der Waals surface area contributed by atoms with E-state index in [0.717, 1.165) is 16.4 Å². The normalized spacial score (nSPS) is 10.9. The van der Waals surface area contributed by atoms with E-state index in [0.29, 0.717) is 23.8 Å². The van der Waals surface area contributed by atoms with Gasteiger partial charge in [0.2, 0.25) is 5.91 Å². The topological polar surface area (TPSA) is 94.2 Å². The average molecular weight is 489 g/mol. The zero-order chi connectivity index (χ0) is 24.7. The number of benzene rings is 3. The van der Waals surface area contributed by atoms with Gasteiger partial charge in [-0.25, -0.2) is 12.8 Å². The van der Waals surface area contributed by atoms with Crippen molar-refractivity contribution in [2.45, 2.75) is 11.8 Å². The lowest BCUT2D eigenvalue weighted by Gasteiger charge is -2.24. The Kier molecular flexibility index (Phi) is 7.95. The Balaban J connectivity index is 1.98.